The van der Waals surface area contributed by atoms with E-state index in [2.05, 4.69) is 4.98 Å². The Labute approximate surface area is 103 Å². The number of anilines is 1. The maximum absolute atomic E-state index is 12.7. The van der Waals surface area contributed by atoms with Crippen molar-refractivity contribution in [2.75, 3.05) is 19.5 Å². The number of nitrogen functional groups attached to an aromatic ring is 1. The highest BCUT2D eigenvalue weighted by Crippen LogP contribution is 2.29. The number of aromatic nitrogens is 1. The lowest BCUT2D eigenvalue weighted by Crippen LogP contribution is -2.12. The van der Waals surface area contributed by atoms with Gasteiger partial charge >= 0.3 is 5.97 Å². The van der Waals surface area contributed by atoms with Crippen LogP contribution in [0.1, 0.15) is 24.6 Å². The lowest BCUT2D eigenvalue weighted by molar-refractivity contribution is -0.142. The van der Waals surface area contributed by atoms with Crippen molar-refractivity contribution in [2.24, 2.45) is 0 Å². The van der Waals surface area contributed by atoms with Gasteiger partial charge in [-0.25, -0.2) is 13.8 Å². The van der Waals surface area contributed by atoms with Crippen molar-refractivity contribution in [3.63, 3.8) is 0 Å². The van der Waals surface area contributed by atoms with Gasteiger partial charge in [0.1, 0.15) is 5.69 Å². The number of halogens is 2. The molecule has 0 saturated carbocycles. The average Bonchev–Trinajstić information content (AvgIpc) is 2.31. The summed E-state index contributed by atoms with van der Waals surface area (Å²) in [5.74, 6) is -0.559. The normalized spacial score (nSPS) is 10.5. The molecule has 1 heterocycles. The number of pyridine rings is 1. The Morgan fingerprint density at radius 1 is 1.56 bits per heavy atom. The Balaban J connectivity index is 3.09. The van der Waals surface area contributed by atoms with E-state index in [0.717, 1.165) is 0 Å². The summed E-state index contributed by atoms with van der Waals surface area (Å²) < 4.78 is 34.9. The number of ether oxygens (including phenoxy) is 2. The summed E-state index contributed by atoms with van der Waals surface area (Å²) in [5, 5.41) is 0. The highest BCUT2D eigenvalue weighted by atomic mass is 19.3. The lowest BCUT2D eigenvalue weighted by Gasteiger charge is -2.11. The van der Waals surface area contributed by atoms with E-state index in [-0.39, 0.29) is 30.2 Å². The van der Waals surface area contributed by atoms with Crippen molar-refractivity contribution in [3.8, 4) is 5.88 Å². The van der Waals surface area contributed by atoms with Crippen LogP contribution in [0, 0.1) is 0 Å². The van der Waals surface area contributed by atoms with E-state index < -0.39 is 18.1 Å². The molecule has 0 aliphatic heterocycles. The fourth-order valence-corrected chi connectivity index (χ4v) is 1.39. The zero-order valence-corrected chi connectivity index (χ0v) is 10.1. The molecule has 1 rings (SSSR count). The molecule has 0 radical (unpaired) electrons. The average molecular weight is 260 g/mol. The van der Waals surface area contributed by atoms with Crippen LogP contribution in [0.15, 0.2) is 6.07 Å². The summed E-state index contributed by atoms with van der Waals surface area (Å²) >= 11 is 0. The number of methoxy groups -OCH3 is 1. The van der Waals surface area contributed by atoms with Crippen LogP contribution in [0.2, 0.25) is 0 Å². The molecule has 0 amide bonds. The molecule has 0 aliphatic rings. The van der Waals surface area contributed by atoms with Gasteiger partial charge in [0.2, 0.25) is 5.88 Å². The summed E-state index contributed by atoms with van der Waals surface area (Å²) in [7, 11) is 1.29. The number of nitrogens with two attached hydrogens (primary N) is 1. The zero-order chi connectivity index (χ0) is 13.7. The summed E-state index contributed by atoms with van der Waals surface area (Å²) in [6, 6.07) is 1.35. The second-order valence-corrected chi connectivity index (χ2v) is 3.41. The Bertz CT molecular complexity index is 439. The van der Waals surface area contributed by atoms with Crippen LogP contribution < -0.4 is 10.5 Å². The van der Waals surface area contributed by atoms with Crippen LogP contribution in [-0.4, -0.2) is 24.7 Å². The molecule has 2 N–H and O–H groups in total. The van der Waals surface area contributed by atoms with Gasteiger partial charge in [-0.1, -0.05) is 0 Å². The van der Waals surface area contributed by atoms with Gasteiger partial charge in [0, 0.05) is 6.07 Å². The Kier molecular flexibility index (Phi) is 4.82. The Hall–Kier alpha value is -1.92. The van der Waals surface area contributed by atoms with Gasteiger partial charge in [-0.05, 0) is 12.5 Å². The van der Waals surface area contributed by atoms with Crippen LogP contribution in [0.3, 0.4) is 0 Å². The van der Waals surface area contributed by atoms with E-state index in [1.807, 2.05) is 0 Å². The molecule has 0 fully saturated rings. The molecule has 0 aliphatic carbocycles. The minimum absolute atomic E-state index is 0.0150. The number of carbonyl (C=O) groups excluding carboxylic acids is 1. The third-order valence-electron chi connectivity index (χ3n) is 2.21. The van der Waals surface area contributed by atoms with E-state index >= 15 is 0 Å². The van der Waals surface area contributed by atoms with Crippen molar-refractivity contribution in [2.45, 2.75) is 19.8 Å². The van der Waals surface area contributed by atoms with Crippen molar-refractivity contribution < 1.29 is 23.0 Å². The number of hydrogen-bond acceptors (Lipinski definition) is 5. The fraction of sp³-hybridized carbons (Fsp3) is 0.455. The second-order valence-electron chi connectivity index (χ2n) is 3.41. The van der Waals surface area contributed by atoms with Crippen molar-refractivity contribution in [1.82, 2.24) is 4.98 Å². The molecule has 18 heavy (non-hydrogen) atoms. The van der Waals surface area contributed by atoms with Gasteiger partial charge in [-0.2, -0.15) is 0 Å². The fourth-order valence-electron chi connectivity index (χ4n) is 1.39. The first-order chi connectivity index (χ1) is 8.49. The minimum Gasteiger partial charge on any atom is -0.481 e. The topological polar surface area (TPSA) is 74.4 Å². The number of rotatable bonds is 5. The molecule has 1 aromatic heterocycles. The van der Waals surface area contributed by atoms with Crippen LogP contribution in [-0.2, 0) is 16.0 Å². The lowest BCUT2D eigenvalue weighted by atomic mass is 10.1. The van der Waals surface area contributed by atoms with E-state index in [4.69, 9.17) is 15.2 Å². The molecule has 0 aromatic carbocycles. The van der Waals surface area contributed by atoms with E-state index in [0.29, 0.717) is 0 Å². The first-order valence-electron chi connectivity index (χ1n) is 5.26. The molecule has 0 bridgehead atoms. The molecular weight excluding hydrogens is 246 g/mol. The smallest absolute Gasteiger partial charge is 0.310 e. The maximum atomic E-state index is 12.7. The molecule has 0 atom stereocenters. The Morgan fingerprint density at radius 2 is 2.22 bits per heavy atom. The molecule has 100 valence electrons. The van der Waals surface area contributed by atoms with Crippen molar-refractivity contribution in [1.29, 1.82) is 0 Å². The molecule has 0 unspecified atom stereocenters. The van der Waals surface area contributed by atoms with Crippen LogP contribution in [0.25, 0.3) is 0 Å². The monoisotopic (exact) mass is 260 g/mol. The van der Waals surface area contributed by atoms with Gasteiger partial charge in [-0.15, -0.1) is 0 Å². The summed E-state index contributed by atoms with van der Waals surface area (Å²) in [6.07, 6.45) is -3.03. The predicted octanol–water partition coefficient (Wildman–Crippen LogP) is 1.72. The van der Waals surface area contributed by atoms with Crippen molar-refractivity contribution >= 4 is 11.7 Å². The highest BCUT2D eigenvalue weighted by Gasteiger charge is 2.20. The first kappa shape index (κ1) is 14.1. The van der Waals surface area contributed by atoms with E-state index in [1.54, 1.807) is 6.92 Å². The third-order valence-corrected chi connectivity index (χ3v) is 2.21. The molecule has 1 aromatic rings. The molecule has 0 saturated heterocycles. The van der Waals surface area contributed by atoms with Gasteiger partial charge in [0.15, 0.2) is 0 Å². The summed E-state index contributed by atoms with van der Waals surface area (Å²) in [6.45, 7) is 1.86. The number of alkyl halides is 2. The van der Waals surface area contributed by atoms with Gasteiger partial charge in [0.25, 0.3) is 6.43 Å². The molecular formula is C11H14F2N2O3. The van der Waals surface area contributed by atoms with Crippen molar-refractivity contribution in [3.05, 3.63) is 17.3 Å². The van der Waals surface area contributed by atoms with Gasteiger partial charge in [0.05, 0.1) is 25.8 Å². The number of carbonyl (C=O) groups is 1. The zero-order valence-electron chi connectivity index (χ0n) is 10.1. The van der Waals surface area contributed by atoms with Crippen LogP contribution in [0.4, 0.5) is 14.5 Å². The van der Waals surface area contributed by atoms with Gasteiger partial charge < -0.3 is 15.2 Å². The molecule has 7 heteroatoms. The molecule has 0 spiro atoms. The first-order valence-corrected chi connectivity index (χ1v) is 5.26. The standard InChI is InChI=1S/C11H14F2N2O3/c1-3-18-8(16)5-6-4-7(17-2)15-10(9(6)14)11(12)13/h4,11H,3,5,14H2,1-2H3. The predicted molar refractivity (Wildman–Crippen MR) is 60.5 cm³/mol. The van der Waals surface area contributed by atoms with E-state index in [9.17, 15) is 13.6 Å². The quantitative estimate of drug-likeness (QED) is 0.816. The third kappa shape index (κ3) is 3.28. The molecule has 5 nitrogen and oxygen atoms in total. The number of hydrogen-bond donors (Lipinski definition) is 1. The largest absolute Gasteiger partial charge is 0.481 e. The maximum Gasteiger partial charge on any atom is 0.310 e. The highest BCUT2D eigenvalue weighted by molar-refractivity contribution is 5.75. The van der Waals surface area contributed by atoms with Crippen LogP contribution in [0.5, 0.6) is 5.88 Å². The summed E-state index contributed by atoms with van der Waals surface area (Å²) in [5.41, 5.74) is 4.97. The van der Waals surface area contributed by atoms with E-state index in [1.165, 1.54) is 13.2 Å². The van der Waals surface area contributed by atoms with Crippen LogP contribution >= 0.6 is 0 Å². The second kappa shape index (κ2) is 6.13. The summed E-state index contributed by atoms with van der Waals surface area (Å²) in [4.78, 5) is 14.9. The number of nitrogens with zero attached hydrogens (tertiary/aromatic N) is 1. The Morgan fingerprint density at radius 3 is 2.72 bits per heavy atom. The minimum atomic E-state index is -2.83. The SMILES string of the molecule is CCOC(=O)Cc1cc(OC)nc(C(F)F)c1N. The number of esters is 1. The van der Waals surface area contributed by atoms with Gasteiger partial charge in [-0.3, -0.25) is 4.79 Å².